The largest absolute Gasteiger partial charge is 0.495 e. The number of ether oxygens (including phenoxy) is 1. The van der Waals surface area contributed by atoms with Gasteiger partial charge in [-0.3, -0.25) is 0 Å². The average Bonchev–Trinajstić information content (AvgIpc) is 2.61. The molecule has 0 saturated heterocycles. The molecule has 0 saturated carbocycles. The summed E-state index contributed by atoms with van der Waals surface area (Å²) in [7, 11) is 1.63. The lowest BCUT2D eigenvalue weighted by Gasteiger charge is -2.13. The molecule has 0 atom stereocenters. The molecule has 0 bridgehead atoms. The van der Waals surface area contributed by atoms with Gasteiger partial charge in [-0.1, -0.05) is 12.1 Å². The number of aryl methyl sites for hydroxylation is 2. The van der Waals surface area contributed by atoms with Crippen LogP contribution in [0, 0.1) is 25.2 Å². The Morgan fingerprint density at radius 1 is 1.00 bits per heavy atom. The second-order valence-electron chi connectivity index (χ2n) is 5.86. The van der Waals surface area contributed by atoms with Crippen LogP contribution in [0.1, 0.15) is 16.8 Å². The highest BCUT2D eigenvalue weighted by molar-refractivity contribution is 5.65. The first-order chi connectivity index (χ1) is 12.6. The number of anilines is 4. The van der Waals surface area contributed by atoms with Crippen LogP contribution in [0.15, 0.2) is 48.5 Å². The molecule has 2 aromatic carbocycles. The predicted molar refractivity (Wildman–Crippen MR) is 102 cm³/mol. The van der Waals surface area contributed by atoms with Crippen molar-refractivity contribution in [3.05, 3.63) is 65.4 Å². The fourth-order valence-electron chi connectivity index (χ4n) is 2.54. The second kappa shape index (κ2) is 7.53. The number of rotatable bonds is 5. The number of aromatic nitrogens is 2. The van der Waals surface area contributed by atoms with Crippen molar-refractivity contribution >= 4 is 23.1 Å². The SMILES string of the molecule is COc1ccc(C)cc1Nc1nc(C)cc(Nc2cccc(C#N)c2)n1. The van der Waals surface area contributed by atoms with Crippen LogP contribution in [0.25, 0.3) is 0 Å². The first-order valence-electron chi connectivity index (χ1n) is 8.12. The first-order valence-corrected chi connectivity index (χ1v) is 8.12. The van der Waals surface area contributed by atoms with Crippen LogP contribution in [0.3, 0.4) is 0 Å². The van der Waals surface area contributed by atoms with E-state index in [2.05, 4.69) is 26.7 Å². The summed E-state index contributed by atoms with van der Waals surface area (Å²) in [4.78, 5) is 8.95. The molecule has 6 heteroatoms. The average molecular weight is 345 g/mol. The highest BCUT2D eigenvalue weighted by Crippen LogP contribution is 2.28. The van der Waals surface area contributed by atoms with Crippen molar-refractivity contribution in [2.45, 2.75) is 13.8 Å². The van der Waals surface area contributed by atoms with Crippen LogP contribution in [0.4, 0.5) is 23.1 Å². The Morgan fingerprint density at radius 3 is 2.62 bits per heavy atom. The Bertz CT molecular complexity index is 978. The lowest BCUT2D eigenvalue weighted by Crippen LogP contribution is -2.03. The van der Waals surface area contributed by atoms with Crippen molar-refractivity contribution in [1.29, 1.82) is 5.26 Å². The number of benzene rings is 2. The molecule has 1 heterocycles. The van der Waals surface area contributed by atoms with E-state index in [1.54, 1.807) is 19.2 Å². The van der Waals surface area contributed by atoms with Crippen LogP contribution in [-0.2, 0) is 0 Å². The molecule has 0 aliphatic heterocycles. The Labute approximate surface area is 152 Å². The highest BCUT2D eigenvalue weighted by atomic mass is 16.5. The molecule has 2 N–H and O–H groups in total. The summed E-state index contributed by atoms with van der Waals surface area (Å²) in [5, 5.41) is 15.5. The number of methoxy groups -OCH3 is 1. The van der Waals surface area contributed by atoms with Gasteiger partial charge < -0.3 is 15.4 Å². The van der Waals surface area contributed by atoms with Crippen LogP contribution in [-0.4, -0.2) is 17.1 Å². The second-order valence-corrected chi connectivity index (χ2v) is 5.86. The van der Waals surface area contributed by atoms with Crippen LogP contribution < -0.4 is 15.4 Å². The quantitative estimate of drug-likeness (QED) is 0.710. The molecule has 0 unspecified atom stereocenters. The summed E-state index contributed by atoms with van der Waals surface area (Å²) >= 11 is 0. The molecule has 26 heavy (non-hydrogen) atoms. The Balaban J connectivity index is 1.88. The zero-order valence-electron chi connectivity index (χ0n) is 14.9. The maximum absolute atomic E-state index is 9.03. The molecule has 130 valence electrons. The van der Waals surface area contributed by atoms with Gasteiger partial charge in [-0.2, -0.15) is 10.2 Å². The van der Waals surface area contributed by atoms with E-state index in [0.29, 0.717) is 17.3 Å². The van der Waals surface area contributed by atoms with Crippen molar-refractivity contribution in [1.82, 2.24) is 9.97 Å². The van der Waals surface area contributed by atoms with E-state index in [-0.39, 0.29) is 0 Å². The fourth-order valence-corrected chi connectivity index (χ4v) is 2.54. The van der Waals surface area contributed by atoms with Gasteiger partial charge in [-0.15, -0.1) is 0 Å². The van der Waals surface area contributed by atoms with Gasteiger partial charge in [0.05, 0.1) is 24.4 Å². The Kier molecular flexibility index (Phi) is 4.99. The minimum atomic E-state index is 0.466. The summed E-state index contributed by atoms with van der Waals surface area (Å²) < 4.78 is 5.39. The van der Waals surface area contributed by atoms with Crippen LogP contribution in [0.2, 0.25) is 0 Å². The smallest absolute Gasteiger partial charge is 0.229 e. The molecule has 0 aliphatic rings. The lowest BCUT2D eigenvalue weighted by molar-refractivity contribution is 0.416. The zero-order chi connectivity index (χ0) is 18.5. The normalized spacial score (nSPS) is 10.1. The minimum Gasteiger partial charge on any atom is -0.495 e. The summed E-state index contributed by atoms with van der Waals surface area (Å²) in [6, 6.07) is 17.1. The van der Waals surface area contributed by atoms with E-state index in [0.717, 1.165) is 28.4 Å². The third-order valence-corrected chi connectivity index (χ3v) is 3.72. The number of hydrogen-bond donors (Lipinski definition) is 2. The van der Waals surface area contributed by atoms with E-state index in [9.17, 15) is 0 Å². The standard InChI is InChI=1S/C20H19N5O/c1-13-7-8-18(26-3)17(9-13)24-20-22-14(2)10-19(25-20)23-16-6-4-5-15(11-16)12-21/h4-11H,1-3H3,(H2,22,23,24,25). The van der Waals surface area contributed by atoms with E-state index < -0.39 is 0 Å². The van der Waals surface area contributed by atoms with Crippen LogP contribution in [0.5, 0.6) is 5.75 Å². The van der Waals surface area contributed by atoms with Gasteiger partial charge in [-0.05, 0) is 49.7 Å². The molecule has 1 aromatic heterocycles. The number of nitrogens with zero attached hydrogens (tertiary/aromatic N) is 3. The van der Waals surface area contributed by atoms with Crippen molar-refractivity contribution in [2.75, 3.05) is 17.7 Å². The van der Waals surface area contributed by atoms with Crippen molar-refractivity contribution in [3.8, 4) is 11.8 Å². The van der Waals surface area contributed by atoms with Gasteiger partial charge in [0.15, 0.2) is 0 Å². The predicted octanol–water partition coefficient (Wildman–Crippen LogP) is 4.46. The van der Waals surface area contributed by atoms with Gasteiger partial charge >= 0.3 is 0 Å². The highest BCUT2D eigenvalue weighted by Gasteiger charge is 2.08. The third-order valence-electron chi connectivity index (χ3n) is 3.72. The summed E-state index contributed by atoms with van der Waals surface area (Å²) in [5.41, 5.74) is 4.10. The molecule has 0 fully saturated rings. The van der Waals surface area contributed by atoms with E-state index >= 15 is 0 Å². The van der Waals surface area contributed by atoms with Gasteiger partial charge in [-0.25, -0.2) is 4.98 Å². The number of nitriles is 1. The molecule has 0 amide bonds. The van der Waals surface area contributed by atoms with Gasteiger partial charge in [0.25, 0.3) is 0 Å². The molecule has 3 rings (SSSR count). The van der Waals surface area contributed by atoms with Gasteiger partial charge in [0.2, 0.25) is 5.95 Å². The molecule has 0 aliphatic carbocycles. The maximum atomic E-state index is 9.03. The molecule has 0 spiro atoms. The molecule has 3 aromatic rings. The summed E-state index contributed by atoms with van der Waals surface area (Å²) in [6.45, 7) is 3.91. The van der Waals surface area contributed by atoms with E-state index in [1.807, 2.05) is 50.2 Å². The molecular weight excluding hydrogens is 326 g/mol. The monoisotopic (exact) mass is 345 g/mol. The summed E-state index contributed by atoms with van der Waals surface area (Å²) in [6.07, 6.45) is 0. The topological polar surface area (TPSA) is 82.9 Å². The van der Waals surface area contributed by atoms with Gasteiger partial charge in [0, 0.05) is 17.4 Å². The Hall–Kier alpha value is -3.59. The molecule has 6 nitrogen and oxygen atoms in total. The zero-order valence-corrected chi connectivity index (χ0v) is 14.9. The Morgan fingerprint density at radius 2 is 1.85 bits per heavy atom. The summed E-state index contributed by atoms with van der Waals surface area (Å²) in [5.74, 6) is 1.83. The maximum Gasteiger partial charge on any atom is 0.229 e. The number of hydrogen-bond acceptors (Lipinski definition) is 6. The van der Waals surface area contributed by atoms with Crippen molar-refractivity contribution in [3.63, 3.8) is 0 Å². The third kappa shape index (κ3) is 4.08. The van der Waals surface area contributed by atoms with Gasteiger partial charge in [0.1, 0.15) is 11.6 Å². The number of nitrogens with one attached hydrogen (secondary N) is 2. The van der Waals surface area contributed by atoms with Crippen LogP contribution >= 0.6 is 0 Å². The minimum absolute atomic E-state index is 0.466. The van der Waals surface area contributed by atoms with Crippen molar-refractivity contribution < 1.29 is 4.74 Å². The van der Waals surface area contributed by atoms with E-state index in [1.165, 1.54) is 0 Å². The first kappa shape index (κ1) is 17.2. The molecular formula is C20H19N5O. The fraction of sp³-hybridized carbons (Fsp3) is 0.150. The molecule has 0 radical (unpaired) electrons. The van der Waals surface area contributed by atoms with E-state index in [4.69, 9.17) is 10.00 Å². The van der Waals surface area contributed by atoms with Crippen molar-refractivity contribution in [2.24, 2.45) is 0 Å². The lowest BCUT2D eigenvalue weighted by atomic mass is 10.2.